The molecule has 16 heavy (non-hydrogen) atoms. The molecule has 0 saturated heterocycles. The summed E-state index contributed by atoms with van der Waals surface area (Å²) in [7, 11) is 0. The molecule has 0 unspecified atom stereocenters. The second-order valence-corrected chi connectivity index (χ2v) is 3.22. The third kappa shape index (κ3) is 3.48. The zero-order valence-corrected chi connectivity index (χ0v) is 8.75. The molecule has 0 saturated carbocycles. The van der Waals surface area contributed by atoms with Gasteiger partial charge in [0, 0.05) is 5.56 Å². The number of rotatable bonds is 4. The van der Waals surface area contributed by atoms with E-state index in [4.69, 9.17) is 17.3 Å². The molecule has 0 aliphatic heterocycles. The standard InChI is InChI=1S/C9H8ClFN2O3/c10-6-2-1-5(3-7(6)11)9(15)13-16-4-8(12)14/h1-3H,4H2,(H2,12,14)(H,13,15). The van der Waals surface area contributed by atoms with E-state index < -0.39 is 24.2 Å². The van der Waals surface area contributed by atoms with Crippen LogP contribution in [0.15, 0.2) is 18.2 Å². The third-order valence-corrected chi connectivity index (χ3v) is 1.87. The Bertz CT molecular complexity index is 425. The molecule has 5 nitrogen and oxygen atoms in total. The number of hydrogen-bond acceptors (Lipinski definition) is 3. The Morgan fingerprint density at radius 3 is 2.75 bits per heavy atom. The van der Waals surface area contributed by atoms with Crippen LogP contribution >= 0.6 is 11.6 Å². The van der Waals surface area contributed by atoms with Crippen LogP contribution in [0.1, 0.15) is 10.4 Å². The zero-order chi connectivity index (χ0) is 12.1. The number of halogens is 2. The van der Waals surface area contributed by atoms with Crippen LogP contribution in [-0.2, 0) is 9.63 Å². The molecule has 0 spiro atoms. The first-order valence-corrected chi connectivity index (χ1v) is 4.54. The Kier molecular flexibility index (Phi) is 4.21. The van der Waals surface area contributed by atoms with Crippen molar-refractivity contribution >= 4 is 23.4 Å². The van der Waals surface area contributed by atoms with Gasteiger partial charge in [0.05, 0.1) is 5.02 Å². The van der Waals surface area contributed by atoms with Gasteiger partial charge >= 0.3 is 0 Å². The van der Waals surface area contributed by atoms with Crippen molar-refractivity contribution in [3.05, 3.63) is 34.6 Å². The lowest BCUT2D eigenvalue weighted by molar-refractivity contribution is -0.124. The first kappa shape index (κ1) is 12.4. The Morgan fingerprint density at radius 1 is 1.50 bits per heavy atom. The minimum absolute atomic E-state index is 0.0198. The Balaban J connectivity index is 2.59. The summed E-state index contributed by atoms with van der Waals surface area (Å²) in [5.74, 6) is -2.15. The van der Waals surface area contributed by atoms with Crippen molar-refractivity contribution in [2.24, 2.45) is 5.73 Å². The van der Waals surface area contributed by atoms with Crippen molar-refractivity contribution < 1.29 is 18.8 Å². The molecule has 0 radical (unpaired) electrons. The average Bonchev–Trinajstić information content (AvgIpc) is 2.21. The number of benzene rings is 1. The topological polar surface area (TPSA) is 81.4 Å². The van der Waals surface area contributed by atoms with E-state index in [0.29, 0.717) is 0 Å². The fourth-order valence-corrected chi connectivity index (χ4v) is 0.987. The minimum atomic E-state index is -0.734. The molecular formula is C9H8ClFN2O3. The third-order valence-electron chi connectivity index (χ3n) is 1.56. The summed E-state index contributed by atoms with van der Waals surface area (Å²) in [6.07, 6.45) is 0. The van der Waals surface area contributed by atoms with Gasteiger partial charge < -0.3 is 5.73 Å². The summed E-state index contributed by atoms with van der Waals surface area (Å²) < 4.78 is 13.0. The molecule has 1 rings (SSSR count). The average molecular weight is 247 g/mol. The SMILES string of the molecule is NC(=O)CONC(=O)c1ccc(Cl)c(F)c1. The van der Waals surface area contributed by atoms with Gasteiger partial charge in [0.15, 0.2) is 6.61 Å². The monoisotopic (exact) mass is 246 g/mol. The van der Waals surface area contributed by atoms with Gasteiger partial charge in [-0.15, -0.1) is 0 Å². The summed E-state index contributed by atoms with van der Waals surface area (Å²) in [5.41, 5.74) is 6.72. The number of primary amides is 1. The molecule has 1 aromatic rings. The van der Waals surface area contributed by atoms with Gasteiger partial charge in [-0.1, -0.05) is 11.6 Å². The molecule has 3 N–H and O–H groups in total. The highest BCUT2D eigenvalue weighted by atomic mass is 35.5. The number of nitrogens with one attached hydrogen (secondary N) is 1. The lowest BCUT2D eigenvalue weighted by Crippen LogP contribution is -2.29. The first-order chi connectivity index (χ1) is 7.50. The number of hydrogen-bond donors (Lipinski definition) is 2. The molecule has 1 aromatic carbocycles. The molecule has 0 atom stereocenters. The highest BCUT2D eigenvalue weighted by Gasteiger charge is 2.09. The van der Waals surface area contributed by atoms with Crippen molar-refractivity contribution in [1.29, 1.82) is 0 Å². The van der Waals surface area contributed by atoms with Gasteiger partial charge in [-0.25, -0.2) is 9.87 Å². The molecule has 0 fully saturated rings. The van der Waals surface area contributed by atoms with Crippen molar-refractivity contribution in [3.63, 3.8) is 0 Å². The Hall–Kier alpha value is -1.66. The second-order valence-electron chi connectivity index (χ2n) is 2.82. The predicted molar refractivity (Wildman–Crippen MR) is 54.0 cm³/mol. The Morgan fingerprint density at radius 2 is 2.19 bits per heavy atom. The van der Waals surface area contributed by atoms with Crippen LogP contribution in [0.25, 0.3) is 0 Å². The maximum atomic E-state index is 13.0. The van der Waals surface area contributed by atoms with E-state index in [0.717, 1.165) is 6.07 Å². The Labute approximate surface area is 95.3 Å². The highest BCUT2D eigenvalue weighted by Crippen LogP contribution is 2.15. The minimum Gasteiger partial charge on any atom is -0.368 e. The van der Waals surface area contributed by atoms with Gasteiger partial charge in [-0.05, 0) is 18.2 Å². The molecule has 0 heterocycles. The number of amides is 2. The van der Waals surface area contributed by atoms with Crippen LogP contribution in [0.3, 0.4) is 0 Å². The van der Waals surface area contributed by atoms with Crippen LogP contribution in [-0.4, -0.2) is 18.4 Å². The summed E-state index contributed by atoms with van der Waals surface area (Å²) in [6.45, 7) is -0.457. The van der Waals surface area contributed by atoms with Crippen LogP contribution in [0.2, 0.25) is 5.02 Å². The van der Waals surface area contributed by atoms with Crippen molar-refractivity contribution in [2.45, 2.75) is 0 Å². The molecule has 0 aromatic heterocycles. The van der Waals surface area contributed by atoms with Crippen LogP contribution < -0.4 is 11.2 Å². The van der Waals surface area contributed by atoms with Crippen LogP contribution in [0, 0.1) is 5.82 Å². The largest absolute Gasteiger partial charge is 0.368 e. The summed E-state index contributed by atoms with van der Waals surface area (Å²) >= 11 is 5.43. The van der Waals surface area contributed by atoms with Crippen molar-refractivity contribution in [2.75, 3.05) is 6.61 Å². The smallest absolute Gasteiger partial charge is 0.274 e. The van der Waals surface area contributed by atoms with Gasteiger partial charge in [0.2, 0.25) is 5.91 Å². The van der Waals surface area contributed by atoms with Gasteiger partial charge in [-0.2, -0.15) is 0 Å². The molecular weight excluding hydrogens is 239 g/mol. The zero-order valence-electron chi connectivity index (χ0n) is 8.00. The van der Waals surface area contributed by atoms with Gasteiger partial charge in [0.1, 0.15) is 5.82 Å². The van der Waals surface area contributed by atoms with E-state index in [9.17, 15) is 14.0 Å². The van der Waals surface area contributed by atoms with E-state index >= 15 is 0 Å². The number of carbonyl (C=O) groups is 2. The molecule has 0 aliphatic rings. The predicted octanol–water partition coefficient (Wildman–Crippen LogP) is 0.626. The molecule has 0 bridgehead atoms. The number of nitrogens with two attached hydrogens (primary N) is 1. The maximum Gasteiger partial charge on any atom is 0.274 e. The van der Waals surface area contributed by atoms with E-state index in [1.165, 1.54) is 12.1 Å². The lowest BCUT2D eigenvalue weighted by atomic mass is 10.2. The molecule has 7 heteroatoms. The van der Waals surface area contributed by atoms with Crippen LogP contribution in [0.4, 0.5) is 4.39 Å². The molecule has 2 amide bonds. The number of hydroxylamine groups is 1. The van der Waals surface area contributed by atoms with E-state index in [1.807, 2.05) is 5.48 Å². The molecule has 0 aliphatic carbocycles. The van der Waals surface area contributed by atoms with E-state index in [2.05, 4.69) is 4.84 Å². The van der Waals surface area contributed by atoms with Gasteiger partial charge in [-0.3, -0.25) is 14.4 Å². The normalized spacial score (nSPS) is 9.88. The van der Waals surface area contributed by atoms with Gasteiger partial charge in [0.25, 0.3) is 5.91 Å². The van der Waals surface area contributed by atoms with Crippen molar-refractivity contribution in [1.82, 2.24) is 5.48 Å². The molecule has 86 valence electrons. The van der Waals surface area contributed by atoms with Crippen molar-refractivity contribution in [3.8, 4) is 0 Å². The fourth-order valence-electron chi connectivity index (χ4n) is 0.869. The van der Waals surface area contributed by atoms with Crippen LogP contribution in [0.5, 0.6) is 0 Å². The summed E-state index contributed by atoms with van der Waals surface area (Å²) in [4.78, 5) is 26.0. The quantitative estimate of drug-likeness (QED) is 0.765. The lowest BCUT2D eigenvalue weighted by Gasteiger charge is -2.04. The number of carbonyl (C=O) groups excluding carboxylic acids is 2. The summed E-state index contributed by atoms with van der Waals surface area (Å²) in [5, 5.41) is -0.0883. The fraction of sp³-hybridized carbons (Fsp3) is 0.111. The maximum absolute atomic E-state index is 13.0. The summed E-state index contributed by atoms with van der Waals surface area (Å²) in [6, 6.07) is 3.50. The highest BCUT2D eigenvalue weighted by molar-refractivity contribution is 6.30. The second kappa shape index (κ2) is 5.43. The van der Waals surface area contributed by atoms with E-state index in [1.54, 1.807) is 0 Å². The first-order valence-electron chi connectivity index (χ1n) is 4.16. The van der Waals surface area contributed by atoms with E-state index in [-0.39, 0.29) is 10.6 Å².